The molecule has 0 bridgehead atoms. The third-order valence-corrected chi connectivity index (χ3v) is 3.30. The van der Waals surface area contributed by atoms with Crippen molar-refractivity contribution in [3.05, 3.63) is 63.5 Å². The minimum atomic E-state index is -0.403. The van der Waals surface area contributed by atoms with Crippen LogP contribution in [0.4, 0.5) is 5.69 Å². The summed E-state index contributed by atoms with van der Waals surface area (Å²) in [6.07, 6.45) is 1.50. The summed E-state index contributed by atoms with van der Waals surface area (Å²) in [5.74, 6) is -0.370. The van der Waals surface area contributed by atoms with Gasteiger partial charge in [0.05, 0.1) is 16.3 Å². The molecule has 0 aliphatic rings. The second kappa shape index (κ2) is 6.51. The summed E-state index contributed by atoms with van der Waals surface area (Å²) in [7, 11) is 0. The number of carbonyl (C=O) groups excluding carboxylic acids is 1. The maximum atomic E-state index is 12.1. The Morgan fingerprint density at radius 3 is 2.67 bits per heavy atom. The van der Waals surface area contributed by atoms with E-state index < -0.39 is 5.56 Å². The van der Waals surface area contributed by atoms with Gasteiger partial charge in [-0.25, -0.2) is 0 Å². The first-order valence-electron chi connectivity index (χ1n) is 6.02. The number of pyridine rings is 1. The van der Waals surface area contributed by atoms with Gasteiger partial charge in [-0.3, -0.25) is 9.59 Å². The van der Waals surface area contributed by atoms with Gasteiger partial charge in [-0.05, 0) is 24.3 Å². The van der Waals surface area contributed by atoms with Gasteiger partial charge in [-0.2, -0.15) is 0 Å². The van der Waals surface area contributed by atoms with Crippen LogP contribution < -0.4 is 16.6 Å². The molecule has 7 heteroatoms. The van der Waals surface area contributed by atoms with Crippen LogP contribution in [0.1, 0.15) is 5.56 Å². The number of para-hydroxylation sites is 1. The van der Waals surface area contributed by atoms with Crippen LogP contribution in [-0.2, 0) is 11.3 Å². The number of halogens is 1. The number of aromatic nitrogens is 1. The molecule has 2 rings (SSSR count). The molecule has 1 heterocycles. The van der Waals surface area contributed by atoms with Gasteiger partial charge >= 0.3 is 0 Å². The maximum Gasteiger partial charge on any atom is 0.261 e. The number of amides is 1. The molecule has 1 aromatic heterocycles. The van der Waals surface area contributed by atoms with Crippen molar-refractivity contribution in [1.29, 1.82) is 0 Å². The molecule has 1 aromatic carbocycles. The molecule has 1 amide bonds. The Bertz CT molecular complexity index is 758. The number of rotatable bonds is 4. The first-order valence-corrected chi connectivity index (χ1v) is 6.81. The first kappa shape index (κ1) is 15.2. The third kappa shape index (κ3) is 3.68. The molecule has 0 radical (unpaired) electrons. The molecule has 5 nitrogen and oxygen atoms in total. The van der Waals surface area contributed by atoms with Gasteiger partial charge in [0.25, 0.3) is 5.56 Å². The zero-order chi connectivity index (χ0) is 15.4. The van der Waals surface area contributed by atoms with E-state index >= 15 is 0 Å². The smallest absolute Gasteiger partial charge is 0.261 e. The fourth-order valence-electron chi connectivity index (χ4n) is 1.76. The number of benzene rings is 1. The summed E-state index contributed by atoms with van der Waals surface area (Å²) in [5, 5.41) is 3.07. The highest BCUT2D eigenvalue weighted by Gasteiger charge is 2.10. The molecule has 0 spiro atoms. The second-order valence-corrected chi connectivity index (χ2v) is 5.09. The van der Waals surface area contributed by atoms with E-state index in [4.69, 9.17) is 29.6 Å². The van der Waals surface area contributed by atoms with Crippen molar-refractivity contribution in [2.24, 2.45) is 5.73 Å². The van der Waals surface area contributed by atoms with Crippen molar-refractivity contribution in [3.63, 3.8) is 0 Å². The lowest BCUT2D eigenvalue weighted by atomic mass is 10.2. The highest BCUT2D eigenvalue weighted by molar-refractivity contribution is 7.80. The van der Waals surface area contributed by atoms with Gasteiger partial charge in [0.1, 0.15) is 11.5 Å². The summed E-state index contributed by atoms with van der Waals surface area (Å²) < 4.78 is 1.24. The number of nitrogens with two attached hydrogens (primary N) is 1. The highest BCUT2D eigenvalue weighted by Crippen LogP contribution is 2.20. The minimum absolute atomic E-state index is 0.000798. The summed E-state index contributed by atoms with van der Waals surface area (Å²) in [5.41, 5.74) is 5.75. The Hall–Kier alpha value is -2.18. The standard InChI is InChI=1S/C14H12ClN3O2S/c15-10-5-1-2-6-11(10)17-12(19)8-18-7-3-4-9(13(16)21)14(18)20/h1-7H,8H2,(H2,16,21)(H,17,19). The van der Waals surface area contributed by atoms with Gasteiger partial charge in [0, 0.05) is 6.20 Å². The molecule has 0 atom stereocenters. The summed E-state index contributed by atoms with van der Waals surface area (Å²) >= 11 is 10.7. The molecule has 0 saturated carbocycles. The molecule has 0 unspecified atom stereocenters. The summed E-state index contributed by atoms with van der Waals surface area (Å²) in [4.78, 5) is 24.0. The predicted molar refractivity (Wildman–Crippen MR) is 86.7 cm³/mol. The van der Waals surface area contributed by atoms with E-state index in [1.54, 1.807) is 30.3 Å². The lowest BCUT2D eigenvalue weighted by molar-refractivity contribution is -0.116. The maximum absolute atomic E-state index is 12.1. The van der Waals surface area contributed by atoms with Crippen LogP contribution in [0.2, 0.25) is 5.02 Å². The van der Waals surface area contributed by atoms with Gasteiger partial charge in [0.15, 0.2) is 0 Å². The zero-order valence-corrected chi connectivity index (χ0v) is 12.4. The Morgan fingerprint density at radius 2 is 2.00 bits per heavy atom. The molecular formula is C14H12ClN3O2S. The highest BCUT2D eigenvalue weighted by atomic mass is 35.5. The van der Waals surface area contributed by atoms with E-state index in [-0.39, 0.29) is 23.0 Å². The van der Waals surface area contributed by atoms with Crippen molar-refractivity contribution in [1.82, 2.24) is 4.57 Å². The molecule has 108 valence electrons. The van der Waals surface area contributed by atoms with Crippen LogP contribution in [-0.4, -0.2) is 15.5 Å². The fourth-order valence-corrected chi connectivity index (χ4v) is 2.09. The average Bonchev–Trinajstić information content (AvgIpc) is 2.43. The van der Waals surface area contributed by atoms with Crippen LogP contribution >= 0.6 is 23.8 Å². The largest absolute Gasteiger partial charge is 0.389 e. The second-order valence-electron chi connectivity index (χ2n) is 4.25. The summed E-state index contributed by atoms with van der Waals surface area (Å²) in [6, 6.07) is 9.98. The Balaban J connectivity index is 2.18. The van der Waals surface area contributed by atoms with E-state index in [0.717, 1.165) is 0 Å². The van der Waals surface area contributed by atoms with Crippen molar-refractivity contribution < 1.29 is 4.79 Å². The van der Waals surface area contributed by atoms with Crippen molar-refractivity contribution in [2.45, 2.75) is 6.54 Å². The minimum Gasteiger partial charge on any atom is -0.389 e. The number of thiocarbonyl (C=S) groups is 1. The van der Waals surface area contributed by atoms with E-state index in [0.29, 0.717) is 10.7 Å². The van der Waals surface area contributed by atoms with Crippen LogP contribution in [0.25, 0.3) is 0 Å². The number of hydrogen-bond acceptors (Lipinski definition) is 3. The SMILES string of the molecule is NC(=S)c1cccn(CC(=O)Nc2ccccc2Cl)c1=O. The lowest BCUT2D eigenvalue weighted by Crippen LogP contribution is -2.32. The van der Waals surface area contributed by atoms with E-state index in [1.165, 1.54) is 16.8 Å². The molecule has 0 aliphatic carbocycles. The van der Waals surface area contributed by atoms with Gasteiger partial charge in [-0.1, -0.05) is 36.0 Å². The molecular weight excluding hydrogens is 310 g/mol. The molecule has 0 fully saturated rings. The van der Waals surface area contributed by atoms with Gasteiger partial charge in [0.2, 0.25) is 5.91 Å². The van der Waals surface area contributed by atoms with Crippen LogP contribution in [0, 0.1) is 0 Å². The van der Waals surface area contributed by atoms with E-state index in [1.807, 2.05) is 0 Å². The zero-order valence-electron chi connectivity index (χ0n) is 10.9. The quantitative estimate of drug-likeness (QED) is 0.841. The van der Waals surface area contributed by atoms with Crippen LogP contribution in [0.5, 0.6) is 0 Å². The molecule has 2 aromatic rings. The Kier molecular flexibility index (Phi) is 4.72. The Morgan fingerprint density at radius 1 is 1.29 bits per heavy atom. The molecule has 0 aliphatic heterocycles. The number of nitrogens with zero attached hydrogens (tertiary/aromatic N) is 1. The van der Waals surface area contributed by atoms with Gasteiger partial charge < -0.3 is 15.6 Å². The van der Waals surface area contributed by atoms with Crippen molar-refractivity contribution >= 4 is 40.4 Å². The fraction of sp³-hybridized carbons (Fsp3) is 0.0714. The number of nitrogens with one attached hydrogen (secondary N) is 1. The predicted octanol–water partition coefficient (Wildman–Crippen LogP) is 1.77. The summed E-state index contributed by atoms with van der Waals surface area (Å²) in [6.45, 7) is -0.152. The third-order valence-electron chi connectivity index (χ3n) is 2.75. The van der Waals surface area contributed by atoms with E-state index in [9.17, 15) is 9.59 Å². The average molecular weight is 322 g/mol. The van der Waals surface area contributed by atoms with Crippen molar-refractivity contribution in [2.75, 3.05) is 5.32 Å². The topological polar surface area (TPSA) is 77.1 Å². The molecule has 0 saturated heterocycles. The van der Waals surface area contributed by atoms with Gasteiger partial charge in [-0.15, -0.1) is 0 Å². The Labute approximate surface area is 131 Å². The lowest BCUT2D eigenvalue weighted by Gasteiger charge is -2.09. The number of hydrogen-bond donors (Lipinski definition) is 2. The van der Waals surface area contributed by atoms with Crippen LogP contribution in [0.15, 0.2) is 47.4 Å². The van der Waals surface area contributed by atoms with Crippen LogP contribution in [0.3, 0.4) is 0 Å². The van der Waals surface area contributed by atoms with Crippen molar-refractivity contribution in [3.8, 4) is 0 Å². The number of anilines is 1. The molecule has 21 heavy (non-hydrogen) atoms. The van der Waals surface area contributed by atoms with E-state index in [2.05, 4.69) is 5.32 Å². The normalized spacial score (nSPS) is 10.1. The first-order chi connectivity index (χ1) is 9.99. The molecule has 3 N–H and O–H groups in total. The monoisotopic (exact) mass is 321 g/mol. The number of carbonyl (C=O) groups is 1.